The van der Waals surface area contributed by atoms with Crippen molar-refractivity contribution < 1.29 is 17.9 Å². The first-order chi connectivity index (χ1) is 14.0. The highest BCUT2D eigenvalue weighted by Gasteiger charge is 2.38. The molecule has 6 nitrogen and oxygen atoms in total. The fourth-order valence-corrected chi connectivity index (χ4v) is 5.78. The largest absolute Gasteiger partial charge is 0.486 e. The Labute approximate surface area is 177 Å². The third kappa shape index (κ3) is 3.25. The molecule has 3 heterocycles. The zero-order valence-electron chi connectivity index (χ0n) is 15.5. The molecule has 0 unspecified atom stereocenters. The number of halogens is 1. The summed E-state index contributed by atoms with van der Waals surface area (Å²) < 4.78 is 43.1. The summed E-state index contributed by atoms with van der Waals surface area (Å²) in [6.45, 7) is 1.88. The lowest BCUT2D eigenvalue weighted by Crippen LogP contribution is -2.42. The van der Waals surface area contributed by atoms with Crippen LogP contribution in [0.1, 0.15) is 17.3 Å². The minimum absolute atomic E-state index is 0.212. The van der Waals surface area contributed by atoms with E-state index in [9.17, 15) is 8.42 Å². The maximum Gasteiger partial charge on any atom is 0.244 e. The molecule has 150 valence electrons. The second kappa shape index (κ2) is 7.19. The summed E-state index contributed by atoms with van der Waals surface area (Å²) in [6.07, 6.45) is 2.00. The van der Waals surface area contributed by atoms with E-state index in [0.29, 0.717) is 37.8 Å². The van der Waals surface area contributed by atoms with Crippen molar-refractivity contribution >= 4 is 26.0 Å². The average molecular weight is 475 g/mol. The number of sulfonamides is 1. The van der Waals surface area contributed by atoms with Crippen molar-refractivity contribution in [2.24, 2.45) is 0 Å². The minimum Gasteiger partial charge on any atom is -0.486 e. The van der Waals surface area contributed by atoms with Crippen LogP contribution >= 0.6 is 15.9 Å². The number of nitrogens with zero attached hydrogens (tertiary/aromatic N) is 2. The maximum atomic E-state index is 13.7. The van der Waals surface area contributed by atoms with Crippen LogP contribution < -0.4 is 9.47 Å². The number of benzene rings is 2. The van der Waals surface area contributed by atoms with E-state index in [4.69, 9.17) is 9.47 Å². The Morgan fingerprint density at radius 1 is 0.931 bits per heavy atom. The van der Waals surface area contributed by atoms with Gasteiger partial charge in [0, 0.05) is 35.5 Å². The molecule has 1 aromatic heterocycles. The molecule has 0 aliphatic carbocycles. The molecule has 8 heteroatoms. The van der Waals surface area contributed by atoms with Gasteiger partial charge in [-0.05, 0) is 42.0 Å². The molecule has 2 aliphatic heterocycles. The molecule has 29 heavy (non-hydrogen) atoms. The predicted octanol–water partition coefficient (Wildman–Crippen LogP) is 3.82. The maximum absolute atomic E-state index is 13.7. The molecule has 3 aromatic rings. The van der Waals surface area contributed by atoms with Crippen LogP contribution in [0.5, 0.6) is 11.5 Å². The van der Waals surface area contributed by atoms with Crippen LogP contribution in [0.25, 0.3) is 0 Å². The first-order valence-corrected chi connectivity index (χ1v) is 11.6. The summed E-state index contributed by atoms with van der Waals surface area (Å²) >= 11 is 3.46. The lowest BCUT2D eigenvalue weighted by Gasteiger charge is -2.36. The Hall–Kier alpha value is -2.29. The molecule has 0 bridgehead atoms. The van der Waals surface area contributed by atoms with E-state index in [1.54, 1.807) is 22.5 Å². The third-order valence-electron chi connectivity index (χ3n) is 5.30. The van der Waals surface area contributed by atoms with Crippen molar-refractivity contribution in [3.05, 3.63) is 76.5 Å². The van der Waals surface area contributed by atoms with Crippen molar-refractivity contribution in [1.82, 2.24) is 8.87 Å². The summed E-state index contributed by atoms with van der Waals surface area (Å²) in [5.74, 6) is 1.05. The van der Waals surface area contributed by atoms with Crippen LogP contribution in [0, 0.1) is 0 Å². The van der Waals surface area contributed by atoms with Gasteiger partial charge in [0.2, 0.25) is 10.0 Å². The Morgan fingerprint density at radius 2 is 1.69 bits per heavy atom. The number of aromatic nitrogens is 1. The SMILES string of the molecule is O=S(=O)(c1ccc2c(c1)OCCO2)N1CCn2cccc2[C@H]1c1ccc(Br)cc1. The first kappa shape index (κ1) is 18.7. The van der Waals surface area contributed by atoms with E-state index in [-0.39, 0.29) is 4.90 Å². The van der Waals surface area contributed by atoms with Gasteiger partial charge in [-0.3, -0.25) is 0 Å². The zero-order valence-corrected chi connectivity index (χ0v) is 17.9. The minimum atomic E-state index is -3.75. The molecule has 0 spiro atoms. The average Bonchev–Trinajstić information content (AvgIpc) is 3.22. The molecule has 0 radical (unpaired) electrons. The van der Waals surface area contributed by atoms with E-state index >= 15 is 0 Å². The first-order valence-electron chi connectivity index (χ1n) is 9.36. The molecular formula is C21H19BrN2O4S. The van der Waals surface area contributed by atoms with Crippen LogP contribution in [0.3, 0.4) is 0 Å². The second-order valence-corrected chi connectivity index (χ2v) is 9.81. The zero-order chi connectivity index (χ0) is 20.0. The molecular weight excluding hydrogens is 456 g/mol. The van der Waals surface area contributed by atoms with E-state index in [2.05, 4.69) is 20.5 Å². The van der Waals surface area contributed by atoms with Gasteiger partial charge in [0.1, 0.15) is 13.2 Å². The van der Waals surface area contributed by atoms with Gasteiger partial charge in [-0.15, -0.1) is 0 Å². The molecule has 0 fully saturated rings. The van der Waals surface area contributed by atoms with E-state index < -0.39 is 16.1 Å². The molecule has 2 aromatic carbocycles. The molecule has 0 saturated carbocycles. The Morgan fingerprint density at radius 3 is 2.48 bits per heavy atom. The van der Waals surface area contributed by atoms with Gasteiger partial charge in [0.25, 0.3) is 0 Å². The molecule has 0 saturated heterocycles. The highest BCUT2D eigenvalue weighted by atomic mass is 79.9. The number of ether oxygens (including phenoxy) is 2. The Balaban J connectivity index is 1.60. The number of fused-ring (bicyclic) bond motifs is 2. The van der Waals surface area contributed by atoms with E-state index in [1.165, 1.54) is 0 Å². The summed E-state index contributed by atoms with van der Waals surface area (Å²) in [5, 5.41) is 0. The van der Waals surface area contributed by atoms with Crippen molar-refractivity contribution in [1.29, 1.82) is 0 Å². The second-order valence-electron chi connectivity index (χ2n) is 7.00. The number of hydrogen-bond donors (Lipinski definition) is 0. The fraction of sp³-hybridized carbons (Fsp3) is 0.238. The van der Waals surface area contributed by atoms with Gasteiger partial charge < -0.3 is 14.0 Å². The predicted molar refractivity (Wildman–Crippen MR) is 112 cm³/mol. The van der Waals surface area contributed by atoms with Crippen molar-refractivity contribution in [2.45, 2.75) is 17.5 Å². The number of hydrogen-bond acceptors (Lipinski definition) is 4. The van der Waals surface area contributed by atoms with Crippen LogP contribution in [-0.2, 0) is 16.6 Å². The molecule has 0 N–H and O–H groups in total. The summed E-state index contributed by atoms with van der Waals surface area (Å²) in [4.78, 5) is 0.212. The van der Waals surface area contributed by atoms with Crippen molar-refractivity contribution in [2.75, 3.05) is 19.8 Å². The topological polar surface area (TPSA) is 60.8 Å². The van der Waals surface area contributed by atoms with Crippen LogP contribution in [-0.4, -0.2) is 37.0 Å². The van der Waals surface area contributed by atoms with Gasteiger partial charge in [-0.25, -0.2) is 8.42 Å². The van der Waals surface area contributed by atoms with Gasteiger partial charge in [0.15, 0.2) is 11.5 Å². The molecule has 1 atom stereocenters. The summed E-state index contributed by atoms with van der Waals surface area (Å²) in [7, 11) is -3.75. The van der Waals surface area contributed by atoms with E-state index in [1.807, 2.05) is 42.6 Å². The highest BCUT2D eigenvalue weighted by Crippen LogP contribution is 2.39. The Kier molecular flexibility index (Phi) is 4.64. The monoisotopic (exact) mass is 474 g/mol. The fourth-order valence-electron chi connectivity index (χ4n) is 3.92. The van der Waals surface area contributed by atoms with Crippen LogP contribution in [0.2, 0.25) is 0 Å². The molecule has 2 aliphatic rings. The molecule has 0 amide bonds. The summed E-state index contributed by atoms with van der Waals surface area (Å²) in [6, 6.07) is 16.2. The van der Waals surface area contributed by atoms with Crippen LogP contribution in [0.4, 0.5) is 0 Å². The third-order valence-corrected chi connectivity index (χ3v) is 7.69. The normalized spacial score (nSPS) is 19.0. The number of rotatable bonds is 3. The standard InChI is InChI=1S/C21H19BrN2O4S/c22-16-5-3-15(4-6-16)21-18-2-1-9-23(18)10-11-24(21)29(25,26)17-7-8-19-20(14-17)28-13-12-27-19/h1-9,14,21H,10-13H2/t21-/m1/s1. The van der Waals surface area contributed by atoms with Crippen molar-refractivity contribution in [3.63, 3.8) is 0 Å². The lowest BCUT2D eigenvalue weighted by atomic mass is 10.0. The van der Waals surface area contributed by atoms with Gasteiger partial charge >= 0.3 is 0 Å². The Bertz CT molecular complexity index is 1160. The van der Waals surface area contributed by atoms with Gasteiger partial charge in [-0.2, -0.15) is 4.31 Å². The van der Waals surface area contributed by atoms with E-state index in [0.717, 1.165) is 15.7 Å². The van der Waals surface area contributed by atoms with Crippen molar-refractivity contribution in [3.8, 4) is 11.5 Å². The van der Waals surface area contributed by atoms with Gasteiger partial charge in [0.05, 0.1) is 10.9 Å². The van der Waals surface area contributed by atoms with Crippen LogP contribution in [0.15, 0.2) is 70.2 Å². The smallest absolute Gasteiger partial charge is 0.244 e. The highest BCUT2D eigenvalue weighted by molar-refractivity contribution is 9.10. The lowest BCUT2D eigenvalue weighted by molar-refractivity contribution is 0.171. The quantitative estimate of drug-likeness (QED) is 0.578. The summed E-state index contributed by atoms with van der Waals surface area (Å²) in [5.41, 5.74) is 1.88. The molecule has 5 rings (SSSR count). The van der Waals surface area contributed by atoms with Gasteiger partial charge in [-0.1, -0.05) is 28.1 Å².